The molecule has 20 heavy (non-hydrogen) atoms. The number of nitrogens with one attached hydrogen (secondary N) is 1. The molecule has 0 spiro atoms. The Balaban J connectivity index is 2.35. The van der Waals surface area contributed by atoms with E-state index in [4.69, 9.17) is 0 Å². The predicted molar refractivity (Wildman–Crippen MR) is 58.6 cm³/mol. The highest BCUT2D eigenvalue weighted by Gasteiger charge is 2.51. The smallest absolute Gasteiger partial charge is 0.291 e. The van der Waals surface area contributed by atoms with E-state index in [9.17, 15) is 27.5 Å². The lowest BCUT2D eigenvalue weighted by Crippen LogP contribution is -2.56. The van der Waals surface area contributed by atoms with Crippen molar-refractivity contribution >= 4 is 5.91 Å². The Bertz CT molecular complexity index is 538. The summed E-state index contributed by atoms with van der Waals surface area (Å²) in [6.07, 6.45) is -3.90. The summed E-state index contributed by atoms with van der Waals surface area (Å²) in [4.78, 5) is 15.6. The molecule has 1 aliphatic rings. The van der Waals surface area contributed by atoms with Gasteiger partial charge in [0.05, 0.1) is 5.70 Å². The number of hydrazine groups is 1. The van der Waals surface area contributed by atoms with Gasteiger partial charge >= 0.3 is 0 Å². The molecule has 5 nitrogen and oxygen atoms in total. The normalized spacial score (nSPS) is 22.1. The summed E-state index contributed by atoms with van der Waals surface area (Å²) in [7, 11) is 0. The third-order valence-electron chi connectivity index (χ3n) is 2.65. The van der Waals surface area contributed by atoms with Gasteiger partial charge in [0.2, 0.25) is 5.72 Å². The molecule has 1 amide bonds. The van der Waals surface area contributed by atoms with E-state index in [0.717, 1.165) is 0 Å². The van der Waals surface area contributed by atoms with Gasteiger partial charge in [-0.05, 0) is 12.1 Å². The summed E-state index contributed by atoms with van der Waals surface area (Å²) < 4.78 is 50.9. The van der Waals surface area contributed by atoms with Crippen LogP contribution in [0.5, 0.6) is 0 Å². The Morgan fingerprint density at radius 3 is 2.40 bits per heavy atom. The molecule has 0 saturated carbocycles. The van der Waals surface area contributed by atoms with Crippen LogP contribution in [0.4, 0.5) is 17.6 Å². The zero-order chi connectivity index (χ0) is 14.9. The molecule has 1 atom stereocenters. The first-order valence-corrected chi connectivity index (χ1v) is 5.39. The number of amides is 1. The maximum atomic E-state index is 12.9. The molecule has 108 valence electrons. The van der Waals surface area contributed by atoms with Crippen molar-refractivity contribution in [3.63, 3.8) is 0 Å². The number of carbonyl (C=O) groups is 1. The first kappa shape index (κ1) is 14.3. The van der Waals surface area contributed by atoms with Crippen LogP contribution in [0, 0.1) is 0 Å². The Morgan fingerprint density at radius 1 is 1.30 bits per heavy atom. The third-order valence-corrected chi connectivity index (χ3v) is 2.65. The zero-order valence-corrected chi connectivity index (χ0v) is 9.80. The highest BCUT2D eigenvalue weighted by molar-refractivity contribution is 5.94. The molecular weight excluding hydrogens is 282 g/mol. The minimum Gasteiger partial charge on any atom is -0.361 e. The van der Waals surface area contributed by atoms with Gasteiger partial charge < -0.3 is 5.11 Å². The summed E-state index contributed by atoms with van der Waals surface area (Å²) in [6.45, 7) is 0. The number of hydrogen-bond donors (Lipinski definition) is 2. The van der Waals surface area contributed by atoms with Crippen molar-refractivity contribution in [3.8, 4) is 0 Å². The second-order valence-corrected chi connectivity index (χ2v) is 3.97. The van der Waals surface area contributed by atoms with Crippen LogP contribution in [0.3, 0.4) is 0 Å². The van der Waals surface area contributed by atoms with Gasteiger partial charge in [0.1, 0.15) is 0 Å². The van der Waals surface area contributed by atoms with Gasteiger partial charge in [-0.3, -0.25) is 15.2 Å². The van der Waals surface area contributed by atoms with Gasteiger partial charge in [-0.25, -0.2) is 22.6 Å². The molecule has 2 rings (SSSR count). The van der Waals surface area contributed by atoms with Crippen molar-refractivity contribution in [2.24, 2.45) is 0 Å². The van der Waals surface area contributed by atoms with Crippen LogP contribution in [0.1, 0.15) is 10.4 Å². The second-order valence-electron chi connectivity index (χ2n) is 3.97. The largest absolute Gasteiger partial charge is 0.361 e. The number of halogens is 4. The Morgan fingerprint density at radius 2 is 1.90 bits per heavy atom. The van der Waals surface area contributed by atoms with Crippen LogP contribution in [-0.4, -0.2) is 39.6 Å². The van der Waals surface area contributed by atoms with Crippen molar-refractivity contribution in [1.29, 1.82) is 0 Å². The Hall–Kier alpha value is -2.16. The van der Waals surface area contributed by atoms with E-state index in [-0.39, 0.29) is 16.6 Å². The summed E-state index contributed by atoms with van der Waals surface area (Å²) >= 11 is 0. The fourth-order valence-corrected chi connectivity index (χ4v) is 1.65. The number of aliphatic hydroxyl groups is 1. The topological polar surface area (TPSA) is 65.5 Å². The van der Waals surface area contributed by atoms with E-state index >= 15 is 0 Å². The average molecular weight is 291 g/mol. The molecule has 0 radical (unpaired) electrons. The van der Waals surface area contributed by atoms with Crippen molar-refractivity contribution in [1.82, 2.24) is 15.4 Å². The molecule has 9 heteroatoms. The molecule has 1 unspecified atom stereocenters. The summed E-state index contributed by atoms with van der Waals surface area (Å²) in [5, 5.41) is 9.82. The van der Waals surface area contributed by atoms with Gasteiger partial charge in [0.15, 0.2) is 0 Å². The minimum atomic E-state index is -3.46. The number of pyridine rings is 1. The zero-order valence-electron chi connectivity index (χ0n) is 9.80. The predicted octanol–water partition coefficient (Wildman–Crippen LogP) is 1.14. The maximum absolute atomic E-state index is 12.9. The van der Waals surface area contributed by atoms with Gasteiger partial charge in [0, 0.05) is 24.0 Å². The molecule has 0 fully saturated rings. The molecule has 1 aromatic heterocycles. The molecule has 2 N–H and O–H groups in total. The first-order chi connectivity index (χ1) is 9.36. The Kier molecular flexibility index (Phi) is 3.62. The summed E-state index contributed by atoms with van der Waals surface area (Å²) in [6, 6.07) is 2.41. The lowest BCUT2D eigenvalue weighted by molar-refractivity contribution is -0.146. The Labute approximate surface area is 110 Å². The molecule has 0 aliphatic carbocycles. The van der Waals surface area contributed by atoms with Crippen LogP contribution >= 0.6 is 0 Å². The quantitative estimate of drug-likeness (QED) is 0.820. The fraction of sp³-hybridized carbons (Fsp3) is 0.273. The number of nitrogens with zero attached hydrogens (tertiary/aromatic N) is 2. The molecule has 2 heterocycles. The fourth-order valence-electron chi connectivity index (χ4n) is 1.65. The number of alkyl halides is 4. The maximum Gasteiger partial charge on any atom is 0.291 e. The van der Waals surface area contributed by atoms with E-state index in [1.165, 1.54) is 24.5 Å². The van der Waals surface area contributed by atoms with Crippen LogP contribution in [0.15, 0.2) is 36.3 Å². The molecule has 0 saturated heterocycles. The van der Waals surface area contributed by atoms with Crippen molar-refractivity contribution in [2.45, 2.75) is 18.6 Å². The standard InChI is InChI=1S/C11H9F4N3O2/c12-8(13)7-5-11(20,10(14)15)18(17-7)9(19)6-1-3-16-4-2-6/h1-5,8,10,17,20H. The molecule has 0 aromatic carbocycles. The molecule has 0 bridgehead atoms. The van der Waals surface area contributed by atoms with E-state index in [0.29, 0.717) is 0 Å². The molecule has 1 aromatic rings. The summed E-state index contributed by atoms with van der Waals surface area (Å²) in [5.74, 6) is -1.08. The van der Waals surface area contributed by atoms with Gasteiger partial charge in [0.25, 0.3) is 18.8 Å². The second kappa shape index (κ2) is 5.08. The monoisotopic (exact) mass is 291 g/mol. The van der Waals surface area contributed by atoms with E-state index in [2.05, 4.69) is 4.98 Å². The van der Waals surface area contributed by atoms with Crippen molar-refractivity contribution in [3.05, 3.63) is 41.9 Å². The highest BCUT2D eigenvalue weighted by Crippen LogP contribution is 2.31. The van der Waals surface area contributed by atoms with Crippen molar-refractivity contribution < 1.29 is 27.5 Å². The first-order valence-electron chi connectivity index (χ1n) is 5.39. The van der Waals surface area contributed by atoms with E-state index in [1.807, 2.05) is 0 Å². The van der Waals surface area contributed by atoms with Crippen LogP contribution in [-0.2, 0) is 0 Å². The lowest BCUT2D eigenvalue weighted by Gasteiger charge is -2.31. The SMILES string of the molecule is O=C(c1ccncc1)N1NC(C(F)F)=CC1(O)C(F)F. The van der Waals surface area contributed by atoms with Gasteiger partial charge in [-0.2, -0.15) is 0 Å². The van der Waals surface area contributed by atoms with E-state index in [1.54, 1.807) is 5.43 Å². The number of allylic oxidation sites excluding steroid dienone is 1. The van der Waals surface area contributed by atoms with Crippen LogP contribution in [0.2, 0.25) is 0 Å². The summed E-state index contributed by atoms with van der Waals surface area (Å²) in [5.41, 5.74) is -2.38. The number of hydrogen-bond acceptors (Lipinski definition) is 4. The highest BCUT2D eigenvalue weighted by atomic mass is 19.3. The van der Waals surface area contributed by atoms with Gasteiger partial charge in [-0.1, -0.05) is 0 Å². The average Bonchev–Trinajstić information content (AvgIpc) is 2.79. The number of rotatable bonds is 3. The number of aromatic nitrogens is 1. The van der Waals surface area contributed by atoms with E-state index < -0.39 is 30.2 Å². The molecule has 1 aliphatic heterocycles. The van der Waals surface area contributed by atoms with Crippen LogP contribution < -0.4 is 5.43 Å². The third kappa shape index (κ3) is 2.31. The lowest BCUT2D eigenvalue weighted by atomic mass is 10.1. The molecular formula is C11H9F4N3O2. The van der Waals surface area contributed by atoms with Gasteiger partial charge in [-0.15, -0.1) is 0 Å². The van der Waals surface area contributed by atoms with Crippen molar-refractivity contribution in [2.75, 3.05) is 0 Å². The number of carbonyl (C=O) groups excluding carboxylic acids is 1. The minimum absolute atomic E-state index is 0.0779. The van der Waals surface area contributed by atoms with Crippen LogP contribution in [0.25, 0.3) is 0 Å².